The fourth-order valence-corrected chi connectivity index (χ4v) is 2.43. The van der Waals surface area contributed by atoms with Crippen molar-refractivity contribution in [3.05, 3.63) is 59.4 Å². The van der Waals surface area contributed by atoms with Crippen molar-refractivity contribution in [2.75, 3.05) is 6.61 Å². The largest absolute Gasteiger partial charge is 0.396 e. The molecular formula is C19H23NO4. The maximum atomic E-state index is 12.5. The smallest absolute Gasteiger partial charge is 0.208 e. The van der Waals surface area contributed by atoms with Crippen LogP contribution in [0.4, 0.5) is 0 Å². The van der Waals surface area contributed by atoms with E-state index in [0.717, 1.165) is 5.56 Å². The van der Waals surface area contributed by atoms with E-state index in [9.17, 15) is 19.8 Å². The number of nitrogens with zero attached hydrogens (tertiary/aromatic N) is 1. The number of aliphatic hydroxyl groups excluding tert-OH is 2. The molecule has 2 aromatic rings. The second kappa shape index (κ2) is 7.11. The topological polar surface area (TPSA) is 79.5 Å². The molecule has 0 fully saturated rings. The van der Waals surface area contributed by atoms with Crippen LogP contribution in [0.5, 0.6) is 0 Å². The summed E-state index contributed by atoms with van der Waals surface area (Å²) in [5.41, 5.74) is 0.634. The van der Waals surface area contributed by atoms with Gasteiger partial charge in [0.15, 0.2) is 5.78 Å². The average molecular weight is 329 g/mol. The van der Waals surface area contributed by atoms with Crippen LogP contribution in [-0.4, -0.2) is 39.1 Å². The summed E-state index contributed by atoms with van der Waals surface area (Å²) in [7, 11) is 1.66. The van der Waals surface area contributed by atoms with Gasteiger partial charge in [0.2, 0.25) is 5.78 Å². The number of benzene rings is 1. The van der Waals surface area contributed by atoms with Crippen LogP contribution >= 0.6 is 0 Å². The van der Waals surface area contributed by atoms with Crippen LogP contribution in [0.3, 0.4) is 0 Å². The van der Waals surface area contributed by atoms with Crippen LogP contribution in [0.1, 0.15) is 40.3 Å². The van der Waals surface area contributed by atoms with Crippen LogP contribution in [0.25, 0.3) is 0 Å². The van der Waals surface area contributed by atoms with Crippen LogP contribution < -0.4 is 0 Å². The predicted octanol–water partition coefficient (Wildman–Crippen LogP) is 2.01. The van der Waals surface area contributed by atoms with Gasteiger partial charge in [0.25, 0.3) is 0 Å². The highest BCUT2D eigenvalue weighted by Gasteiger charge is 2.34. The lowest BCUT2D eigenvalue weighted by Gasteiger charge is -2.27. The van der Waals surface area contributed by atoms with Crippen molar-refractivity contribution in [1.82, 2.24) is 4.57 Å². The van der Waals surface area contributed by atoms with E-state index in [1.807, 2.05) is 30.3 Å². The normalized spacial score (nSPS) is 12.9. The number of carbonyl (C=O) groups excluding carboxylic acids is 2. The molecule has 1 heterocycles. The van der Waals surface area contributed by atoms with E-state index in [2.05, 4.69) is 0 Å². The van der Waals surface area contributed by atoms with Gasteiger partial charge in [-0.1, -0.05) is 44.2 Å². The molecule has 0 spiro atoms. The molecule has 2 N–H and O–H groups in total. The Hall–Kier alpha value is -2.24. The number of Topliss-reactive ketones (excluding diaryl/α,β-unsaturated/α-hetero) is 2. The molecule has 0 bridgehead atoms. The number of hydrogen-bond acceptors (Lipinski definition) is 4. The lowest BCUT2D eigenvalue weighted by molar-refractivity contribution is 0.0123. The molecule has 128 valence electrons. The molecule has 0 amide bonds. The van der Waals surface area contributed by atoms with Crippen molar-refractivity contribution < 1.29 is 19.8 Å². The van der Waals surface area contributed by atoms with Gasteiger partial charge in [0.1, 0.15) is 6.10 Å². The zero-order valence-electron chi connectivity index (χ0n) is 14.2. The van der Waals surface area contributed by atoms with E-state index in [1.54, 1.807) is 27.1 Å². The number of aromatic nitrogens is 1. The highest BCUT2D eigenvalue weighted by Crippen LogP contribution is 2.24. The summed E-state index contributed by atoms with van der Waals surface area (Å²) in [6, 6.07) is 10.9. The van der Waals surface area contributed by atoms with Gasteiger partial charge in [0, 0.05) is 30.6 Å². The van der Waals surface area contributed by atoms with Crippen LogP contribution in [-0.2, 0) is 13.5 Å². The Bertz CT molecular complexity index is 731. The van der Waals surface area contributed by atoms with Crippen LogP contribution in [0.15, 0.2) is 42.6 Å². The first-order chi connectivity index (χ1) is 11.3. The second-order valence-electron chi connectivity index (χ2n) is 6.72. The standard InChI is InChI=1S/C19H23NO4/c1-19(2,12-21)18(24)17(23)15-10-14(11-20(15)3)16(22)9-13-7-5-4-6-8-13/h4-8,10-11,18,21,24H,9,12H2,1-3H3/t18-/m0/s1. The molecular weight excluding hydrogens is 306 g/mol. The van der Waals surface area contributed by atoms with Crippen molar-refractivity contribution in [3.8, 4) is 0 Å². The lowest BCUT2D eigenvalue weighted by Crippen LogP contribution is -2.39. The van der Waals surface area contributed by atoms with Crippen LogP contribution in [0, 0.1) is 5.41 Å². The molecule has 1 atom stereocenters. The van der Waals surface area contributed by atoms with Crippen molar-refractivity contribution in [2.45, 2.75) is 26.4 Å². The lowest BCUT2D eigenvalue weighted by atomic mass is 9.84. The van der Waals surface area contributed by atoms with Gasteiger partial charge in [-0.2, -0.15) is 0 Å². The van der Waals surface area contributed by atoms with Gasteiger partial charge in [-0.15, -0.1) is 0 Å². The zero-order chi connectivity index (χ0) is 17.9. The van der Waals surface area contributed by atoms with Crippen molar-refractivity contribution in [3.63, 3.8) is 0 Å². The molecule has 1 aromatic heterocycles. The summed E-state index contributed by atoms with van der Waals surface area (Å²) in [4.78, 5) is 24.9. The molecule has 5 nitrogen and oxygen atoms in total. The van der Waals surface area contributed by atoms with Gasteiger partial charge in [-0.05, 0) is 11.6 Å². The first kappa shape index (κ1) is 18.1. The van der Waals surface area contributed by atoms with E-state index in [0.29, 0.717) is 5.56 Å². The number of rotatable bonds is 7. The summed E-state index contributed by atoms with van der Waals surface area (Å²) >= 11 is 0. The summed E-state index contributed by atoms with van der Waals surface area (Å²) in [6.45, 7) is 2.91. The Labute approximate surface area is 141 Å². The zero-order valence-corrected chi connectivity index (χ0v) is 14.2. The number of ketones is 2. The Balaban J connectivity index is 2.21. The Morgan fingerprint density at radius 1 is 1.21 bits per heavy atom. The molecule has 1 aromatic carbocycles. The highest BCUT2D eigenvalue weighted by atomic mass is 16.3. The van der Waals surface area contributed by atoms with E-state index < -0.39 is 17.3 Å². The van der Waals surface area contributed by atoms with Gasteiger partial charge in [-0.25, -0.2) is 0 Å². The minimum absolute atomic E-state index is 0.0910. The van der Waals surface area contributed by atoms with E-state index >= 15 is 0 Å². The number of aliphatic hydroxyl groups is 2. The molecule has 0 saturated heterocycles. The third kappa shape index (κ3) is 3.80. The SMILES string of the molecule is Cn1cc(C(=O)Cc2ccccc2)cc1C(=O)[C@H](O)C(C)(C)CO. The Morgan fingerprint density at radius 3 is 2.42 bits per heavy atom. The third-order valence-electron chi connectivity index (χ3n) is 4.18. The van der Waals surface area contributed by atoms with Crippen molar-refractivity contribution >= 4 is 11.6 Å². The maximum Gasteiger partial charge on any atom is 0.208 e. The average Bonchev–Trinajstić information content (AvgIpc) is 2.96. The quantitative estimate of drug-likeness (QED) is 0.762. The molecule has 0 radical (unpaired) electrons. The van der Waals surface area contributed by atoms with E-state index in [-0.39, 0.29) is 24.5 Å². The monoisotopic (exact) mass is 329 g/mol. The molecule has 0 aliphatic carbocycles. The predicted molar refractivity (Wildman–Crippen MR) is 91.1 cm³/mol. The summed E-state index contributed by atoms with van der Waals surface area (Å²) < 4.78 is 1.54. The minimum Gasteiger partial charge on any atom is -0.396 e. The van der Waals surface area contributed by atoms with Gasteiger partial charge >= 0.3 is 0 Å². The fourth-order valence-electron chi connectivity index (χ4n) is 2.43. The number of hydrogen-bond donors (Lipinski definition) is 2. The highest BCUT2D eigenvalue weighted by molar-refractivity contribution is 6.03. The fraction of sp³-hybridized carbons (Fsp3) is 0.368. The Morgan fingerprint density at radius 2 is 1.83 bits per heavy atom. The Kier molecular flexibility index (Phi) is 5.36. The first-order valence-electron chi connectivity index (χ1n) is 7.83. The molecule has 5 heteroatoms. The number of carbonyl (C=O) groups is 2. The second-order valence-corrected chi connectivity index (χ2v) is 6.72. The van der Waals surface area contributed by atoms with Gasteiger partial charge < -0.3 is 14.8 Å². The number of aryl methyl sites for hydroxylation is 1. The van der Waals surface area contributed by atoms with Crippen LogP contribution in [0.2, 0.25) is 0 Å². The van der Waals surface area contributed by atoms with E-state index in [1.165, 1.54) is 10.6 Å². The summed E-state index contributed by atoms with van der Waals surface area (Å²) in [6.07, 6.45) is 0.508. The molecule has 0 saturated carbocycles. The minimum atomic E-state index is -1.34. The summed E-state index contributed by atoms with van der Waals surface area (Å²) in [5, 5.41) is 19.5. The van der Waals surface area contributed by atoms with Gasteiger partial charge in [-0.3, -0.25) is 9.59 Å². The van der Waals surface area contributed by atoms with Gasteiger partial charge in [0.05, 0.1) is 12.3 Å². The molecule has 0 unspecified atom stereocenters. The van der Waals surface area contributed by atoms with Crippen molar-refractivity contribution in [2.24, 2.45) is 12.5 Å². The first-order valence-corrected chi connectivity index (χ1v) is 7.83. The maximum absolute atomic E-state index is 12.5. The molecule has 0 aliphatic heterocycles. The van der Waals surface area contributed by atoms with E-state index in [4.69, 9.17) is 0 Å². The third-order valence-corrected chi connectivity index (χ3v) is 4.18. The molecule has 24 heavy (non-hydrogen) atoms. The molecule has 2 rings (SSSR count). The van der Waals surface area contributed by atoms with Crippen molar-refractivity contribution in [1.29, 1.82) is 0 Å². The molecule has 0 aliphatic rings. The summed E-state index contributed by atoms with van der Waals surface area (Å²) in [5.74, 6) is -0.595.